The van der Waals surface area contributed by atoms with Crippen molar-refractivity contribution in [1.29, 1.82) is 0 Å². The number of aliphatic hydroxyl groups is 1. The Morgan fingerprint density at radius 2 is 1.45 bits per heavy atom. The van der Waals surface area contributed by atoms with E-state index in [0.717, 1.165) is 54.4 Å². The topological polar surface area (TPSA) is 63.1 Å². The Kier molecular flexibility index (Phi) is 14.5. The minimum atomic E-state index is -0.337. The summed E-state index contributed by atoms with van der Waals surface area (Å²) in [5.74, 6) is 0.923. The van der Waals surface area contributed by atoms with Gasteiger partial charge in [-0.15, -0.1) is 40.5 Å². The maximum absolute atomic E-state index is 12.2. The zero-order chi connectivity index (χ0) is 36.9. The third kappa shape index (κ3) is 9.63. The van der Waals surface area contributed by atoms with Gasteiger partial charge in [-0.1, -0.05) is 124 Å². The number of fused-ring (bicyclic) bond motifs is 2. The van der Waals surface area contributed by atoms with E-state index in [0.29, 0.717) is 5.92 Å². The summed E-state index contributed by atoms with van der Waals surface area (Å²) in [4.78, 5) is 21.5. The van der Waals surface area contributed by atoms with Crippen molar-refractivity contribution >= 4 is 38.0 Å². The minimum absolute atomic E-state index is 0. The zero-order valence-electron chi connectivity index (χ0n) is 32.5. The second kappa shape index (κ2) is 17.6. The van der Waals surface area contributed by atoms with Crippen LogP contribution in [0.2, 0.25) is 0 Å². The molecule has 0 fully saturated rings. The largest absolute Gasteiger partial charge is 0.512 e. The van der Waals surface area contributed by atoms with Crippen molar-refractivity contribution in [3.63, 3.8) is 0 Å². The van der Waals surface area contributed by atoms with Gasteiger partial charge >= 0.3 is 0 Å². The van der Waals surface area contributed by atoms with Crippen LogP contribution in [-0.2, 0) is 36.7 Å². The van der Waals surface area contributed by atoms with Gasteiger partial charge in [-0.25, -0.2) is 4.98 Å². The van der Waals surface area contributed by atoms with E-state index in [1.54, 1.807) is 6.33 Å². The Morgan fingerprint density at radius 3 is 2.06 bits per heavy atom. The van der Waals surface area contributed by atoms with Crippen LogP contribution in [-0.4, -0.2) is 20.9 Å². The van der Waals surface area contributed by atoms with Gasteiger partial charge < -0.3 is 5.11 Å². The smallest absolute Gasteiger partial charge is 0.164 e. The molecule has 0 amide bonds. The van der Waals surface area contributed by atoms with Crippen molar-refractivity contribution < 1.29 is 30.0 Å². The fourth-order valence-corrected chi connectivity index (χ4v) is 7.34. The third-order valence-corrected chi connectivity index (χ3v) is 11.8. The Balaban J connectivity index is 0.000000335. The predicted molar refractivity (Wildman–Crippen MR) is 215 cm³/mol. The number of rotatable bonds is 11. The minimum Gasteiger partial charge on any atom is -0.512 e. The molecule has 5 rings (SSSR count). The zero-order valence-corrected chi connectivity index (χ0v) is 35.7. The summed E-state index contributed by atoms with van der Waals surface area (Å²) in [6.45, 7) is 23.4. The molecule has 0 saturated heterocycles. The number of benzene rings is 3. The summed E-state index contributed by atoms with van der Waals surface area (Å²) >= 11 is 1.82. The summed E-state index contributed by atoms with van der Waals surface area (Å²) < 4.78 is 1.30. The summed E-state index contributed by atoms with van der Waals surface area (Å²) in [7, 11) is 0. The van der Waals surface area contributed by atoms with E-state index in [1.165, 1.54) is 38.2 Å². The first-order valence-electron chi connectivity index (χ1n) is 18.3. The van der Waals surface area contributed by atoms with E-state index in [1.807, 2.05) is 52.9 Å². The molecule has 6 heteroatoms. The van der Waals surface area contributed by atoms with Gasteiger partial charge in [0.05, 0.1) is 5.69 Å². The van der Waals surface area contributed by atoms with E-state index >= 15 is 0 Å². The second-order valence-electron chi connectivity index (χ2n) is 15.7. The van der Waals surface area contributed by atoms with Gasteiger partial charge in [-0.2, -0.15) is 0 Å². The van der Waals surface area contributed by atoms with E-state index in [9.17, 15) is 9.90 Å². The number of aromatic nitrogens is 2. The summed E-state index contributed by atoms with van der Waals surface area (Å²) in [6, 6.07) is 23.0. The molecule has 4 nitrogen and oxygen atoms in total. The SMILES string of the molecule is CC(C)Cc1csc2c(-c3cc(-c4[c-]c5ccccc5c(C(C)(C)C)c4)ncn3)cccc12.CCC(C)(CC)C(=O)/C=C(\O)C(C)(CC)CC.[Ir]. The second-order valence-corrected chi connectivity index (χ2v) is 16.5. The Labute approximate surface area is 324 Å². The molecule has 0 aliphatic heterocycles. The van der Waals surface area contributed by atoms with Crippen molar-refractivity contribution in [2.75, 3.05) is 0 Å². The van der Waals surface area contributed by atoms with Gasteiger partial charge in [0.15, 0.2) is 5.78 Å². The van der Waals surface area contributed by atoms with E-state index in [2.05, 4.69) is 111 Å². The fourth-order valence-electron chi connectivity index (χ4n) is 6.23. The average Bonchev–Trinajstić information content (AvgIpc) is 3.52. The Hall–Kier alpha value is -3.18. The van der Waals surface area contributed by atoms with Crippen molar-refractivity contribution in [1.82, 2.24) is 9.97 Å². The van der Waals surface area contributed by atoms with Crippen LogP contribution in [0.25, 0.3) is 43.4 Å². The molecule has 275 valence electrons. The summed E-state index contributed by atoms with van der Waals surface area (Å²) in [5.41, 5.74) is 6.22. The number of allylic oxidation sites excluding steroid dienone is 2. The first kappa shape index (κ1) is 42.2. The Bertz CT molecular complexity index is 1960. The molecule has 2 heterocycles. The maximum Gasteiger partial charge on any atom is 0.164 e. The maximum atomic E-state index is 12.2. The average molecular weight is 882 g/mol. The standard InChI is InChI=1S/C30H29N2S.C15H28O2.Ir/c1-19(2)13-22-17-33-29-24(22)11-8-12-25(29)28-16-27(31-18-32-28)21-14-20-9-6-7-10-23(20)26(15-21)30(3,4)5;1-7-14(5,8-2)12(16)11-13(17)15(6,9-3)10-4;/h6-12,15-19H,13H2,1-5H3;11,16H,7-10H2,1-6H3;/q-1;;/b;12-11-;. The number of ketones is 1. The van der Waals surface area contributed by atoms with Crippen LogP contribution >= 0.6 is 11.3 Å². The first-order valence-corrected chi connectivity index (χ1v) is 19.2. The molecule has 0 saturated carbocycles. The van der Waals surface area contributed by atoms with Crippen LogP contribution in [0.5, 0.6) is 0 Å². The monoisotopic (exact) mass is 882 g/mol. The van der Waals surface area contributed by atoms with Crippen LogP contribution in [0.4, 0.5) is 0 Å². The Morgan fingerprint density at radius 1 is 0.843 bits per heavy atom. The van der Waals surface area contributed by atoms with Crippen LogP contribution in [0.15, 0.2) is 78.1 Å². The van der Waals surface area contributed by atoms with E-state index < -0.39 is 0 Å². The fraction of sp³-hybridized carbons (Fsp3) is 0.444. The van der Waals surface area contributed by atoms with Crippen molar-refractivity contribution in [2.24, 2.45) is 16.7 Å². The van der Waals surface area contributed by atoms with Gasteiger partial charge in [-0.05, 0) is 65.8 Å². The molecular formula is C45H57IrN2O2S-. The van der Waals surface area contributed by atoms with Crippen LogP contribution in [0, 0.1) is 22.8 Å². The molecule has 1 N–H and O–H groups in total. The van der Waals surface area contributed by atoms with Crippen molar-refractivity contribution in [2.45, 2.75) is 114 Å². The first-order chi connectivity index (χ1) is 23.6. The van der Waals surface area contributed by atoms with Crippen molar-refractivity contribution in [3.05, 3.63) is 95.3 Å². The molecule has 2 aromatic heterocycles. The molecule has 0 unspecified atom stereocenters. The van der Waals surface area contributed by atoms with Gasteiger partial charge in [-0.3, -0.25) is 9.78 Å². The molecule has 0 spiro atoms. The van der Waals surface area contributed by atoms with Crippen LogP contribution in [0.3, 0.4) is 0 Å². The van der Waals surface area contributed by atoms with E-state index in [4.69, 9.17) is 0 Å². The number of aliphatic hydroxyl groups excluding tert-OH is 1. The predicted octanol–water partition coefficient (Wildman–Crippen LogP) is 13.1. The van der Waals surface area contributed by atoms with Gasteiger partial charge in [0.25, 0.3) is 0 Å². The van der Waals surface area contributed by atoms with Crippen LogP contribution < -0.4 is 0 Å². The van der Waals surface area contributed by atoms with Gasteiger partial charge in [0.1, 0.15) is 12.1 Å². The summed E-state index contributed by atoms with van der Waals surface area (Å²) in [6.07, 6.45) is 7.54. The number of nitrogens with zero attached hydrogens (tertiary/aromatic N) is 2. The number of hydrogen-bond acceptors (Lipinski definition) is 5. The number of carbonyl (C=O) groups is 1. The summed E-state index contributed by atoms with van der Waals surface area (Å²) in [5, 5.41) is 16.2. The molecule has 51 heavy (non-hydrogen) atoms. The number of thiophene rings is 1. The van der Waals surface area contributed by atoms with E-state index in [-0.39, 0.29) is 47.9 Å². The molecule has 0 aliphatic carbocycles. The normalized spacial score (nSPS) is 12.5. The number of hydrogen-bond donors (Lipinski definition) is 1. The number of carbonyl (C=O) groups excluding carboxylic acids is 1. The molecule has 0 atom stereocenters. The molecule has 3 aromatic carbocycles. The molecular weight excluding hydrogens is 825 g/mol. The van der Waals surface area contributed by atoms with Gasteiger partial charge in [0, 0.05) is 53.0 Å². The molecule has 5 aromatic rings. The molecule has 0 bridgehead atoms. The van der Waals surface area contributed by atoms with Crippen LogP contribution in [0.1, 0.15) is 113 Å². The van der Waals surface area contributed by atoms with Crippen molar-refractivity contribution in [3.8, 4) is 22.5 Å². The van der Waals surface area contributed by atoms with Gasteiger partial charge in [0.2, 0.25) is 0 Å². The quantitative estimate of drug-likeness (QED) is 0.0815. The molecule has 1 radical (unpaired) electrons. The third-order valence-electron chi connectivity index (χ3n) is 10.7. The molecule has 0 aliphatic rings.